The number of ether oxygens (including phenoxy) is 1. The highest BCUT2D eigenvalue weighted by Gasteiger charge is 2.24. The highest BCUT2D eigenvalue weighted by molar-refractivity contribution is 7.99. The molecule has 1 saturated carbocycles. The number of aromatic nitrogens is 3. The Morgan fingerprint density at radius 3 is 2.64 bits per heavy atom. The van der Waals surface area contributed by atoms with E-state index < -0.39 is 0 Å². The summed E-state index contributed by atoms with van der Waals surface area (Å²) >= 11 is 1.39. The fourth-order valence-electron chi connectivity index (χ4n) is 3.10. The average molecular weight is 405 g/mol. The van der Waals surface area contributed by atoms with Gasteiger partial charge in [-0.15, -0.1) is 10.2 Å². The molecule has 0 atom stereocenters. The zero-order chi connectivity index (χ0) is 19.3. The van der Waals surface area contributed by atoms with E-state index in [1.54, 1.807) is 12.1 Å². The second kappa shape index (κ2) is 9.02. The predicted molar refractivity (Wildman–Crippen MR) is 105 cm³/mol. The van der Waals surface area contributed by atoms with Gasteiger partial charge in [-0.3, -0.25) is 9.69 Å². The molecule has 4 rings (SSSR count). The lowest BCUT2D eigenvalue weighted by Gasteiger charge is -2.27. The van der Waals surface area contributed by atoms with Gasteiger partial charge in [0.1, 0.15) is 5.82 Å². The molecule has 2 aliphatic rings. The zero-order valence-electron chi connectivity index (χ0n) is 15.6. The number of hydrogen-bond donors (Lipinski definition) is 1. The van der Waals surface area contributed by atoms with E-state index in [4.69, 9.17) is 4.74 Å². The highest BCUT2D eigenvalue weighted by atomic mass is 32.2. The summed E-state index contributed by atoms with van der Waals surface area (Å²) in [6.07, 6.45) is 2.14. The number of carbonyl (C=O) groups is 1. The van der Waals surface area contributed by atoms with Crippen LogP contribution in [0.3, 0.4) is 0 Å². The summed E-state index contributed by atoms with van der Waals surface area (Å²) in [5.41, 5.74) is 0.810. The number of halogens is 1. The molecule has 1 aliphatic heterocycles. The van der Waals surface area contributed by atoms with Gasteiger partial charge in [0, 0.05) is 37.8 Å². The van der Waals surface area contributed by atoms with Crippen molar-refractivity contribution in [3.8, 4) is 11.4 Å². The Kier molecular flexibility index (Phi) is 6.23. The first-order valence-electron chi connectivity index (χ1n) is 9.60. The molecule has 0 unspecified atom stereocenters. The van der Waals surface area contributed by atoms with Crippen LogP contribution in [-0.2, 0) is 16.1 Å². The molecule has 1 aliphatic carbocycles. The van der Waals surface area contributed by atoms with Gasteiger partial charge in [0.2, 0.25) is 5.91 Å². The third kappa shape index (κ3) is 5.09. The number of benzene rings is 1. The number of hydrogen-bond acceptors (Lipinski definition) is 6. The Morgan fingerprint density at radius 2 is 1.93 bits per heavy atom. The summed E-state index contributed by atoms with van der Waals surface area (Å²) < 4.78 is 20.7. The van der Waals surface area contributed by atoms with E-state index >= 15 is 0 Å². The standard InChI is InChI=1S/C19H24FN5O2S/c20-15-3-1-14(2-4-15)18-22-23-19(28-13-17(26)21-16-5-6-16)25(18)8-7-24-9-11-27-12-10-24/h1-4,16H,5-13H2,(H,21,26). The maximum atomic E-state index is 13.3. The molecular formula is C19H24FN5O2S. The van der Waals surface area contributed by atoms with E-state index in [1.165, 1.54) is 23.9 Å². The van der Waals surface area contributed by atoms with Gasteiger partial charge >= 0.3 is 0 Å². The largest absolute Gasteiger partial charge is 0.379 e. The Bertz CT molecular complexity index is 803. The Morgan fingerprint density at radius 1 is 1.18 bits per heavy atom. The first kappa shape index (κ1) is 19.4. The van der Waals surface area contributed by atoms with Gasteiger partial charge in [-0.2, -0.15) is 0 Å². The molecular weight excluding hydrogens is 381 g/mol. The molecule has 28 heavy (non-hydrogen) atoms. The van der Waals surface area contributed by atoms with Crippen molar-refractivity contribution in [3.05, 3.63) is 30.1 Å². The third-order valence-electron chi connectivity index (χ3n) is 4.84. The first-order chi connectivity index (χ1) is 13.7. The molecule has 1 aromatic carbocycles. The van der Waals surface area contributed by atoms with Gasteiger partial charge in [0.25, 0.3) is 0 Å². The number of rotatable bonds is 8. The van der Waals surface area contributed by atoms with Crippen LogP contribution in [0, 0.1) is 5.82 Å². The van der Waals surface area contributed by atoms with Crippen LogP contribution < -0.4 is 5.32 Å². The van der Waals surface area contributed by atoms with Crippen molar-refractivity contribution in [2.75, 3.05) is 38.6 Å². The minimum Gasteiger partial charge on any atom is -0.379 e. The maximum absolute atomic E-state index is 13.3. The summed E-state index contributed by atoms with van der Waals surface area (Å²) in [6, 6.07) is 6.61. The zero-order valence-corrected chi connectivity index (χ0v) is 16.5. The van der Waals surface area contributed by atoms with Gasteiger partial charge in [0.05, 0.1) is 19.0 Å². The van der Waals surface area contributed by atoms with Crippen LogP contribution in [0.4, 0.5) is 4.39 Å². The van der Waals surface area contributed by atoms with Crippen LogP contribution >= 0.6 is 11.8 Å². The van der Waals surface area contributed by atoms with Crippen LogP contribution in [0.15, 0.2) is 29.4 Å². The number of carbonyl (C=O) groups excluding carboxylic acids is 1. The molecule has 0 radical (unpaired) electrons. The molecule has 1 saturated heterocycles. The number of morpholine rings is 1. The average Bonchev–Trinajstić information content (AvgIpc) is 3.43. The topological polar surface area (TPSA) is 72.3 Å². The van der Waals surface area contributed by atoms with Crippen molar-refractivity contribution in [2.45, 2.75) is 30.6 Å². The molecule has 0 spiro atoms. The first-order valence-corrected chi connectivity index (χ1v) is 10.6. The van der Waals surface area contributed by atoms with Crippen molar-refractivity contribution < 1.29 is 13.9 Å². The SMILES string of the molecule is O=C(CSc1nnc(-c2ccc(F)cc2)n1CCN1CCOCC1)NC1CC1. The van der Waals surface area contributed by atoms with Crippen molar-refractivity contribution in [1.29, 1.82) is 0 Å². The van der Waals surface area contributed by atoms with Crippen LogP contribution in [0.5, 0.6) is 0 Å². The van der Waals surface area contributed by atoms with Crippen LogP contribution in [0.25, 0.3) is 11.4 Å². The quantitative estimate of drug-likeness (QED) is 0.675. The fraction of sp³-hybridized carbons (Fsp3) is 0.526. The molecule has 2 heterocycles. The molecule has 2 fully saturated rings. The second-order valence-electron chi connectivity index (χ2n) is 7.05. The lowest BCUT2D eigenvalue weighted by atomic mass is 10.2. The molecule has 1 aromatic heterocycles. The Hall–Kier alpha value is -1.97. The molecule has 1 amide bonds. The van der Waals surface area contributed by atoms with E-state index in [1.807, 2.05) is 4.57 Å². The maximum Gasteiger partial charge on any atom is 0.230 e. The fourth-order valence-corrected chi connectivity index (χ4v) is 3.88. The van der Waals surface area contributed by atoms with Crippen LogP contribution in [-0.4, -0.2) is 70.2 Å². The van der Waals surface area contributed by atoms with E-state index in [2.05, 4.69) is 20.4 Å². The highest BCUT2D eigenvalue weighted by Crippen LogP contribution is 2.25. The van der Waals surface area contributed by atoms with Gasteiger partial charge in [0.15, 0.2) is 11.0 Å². The second-order valence-corrected chi connectivity index (χ2v) is 7.99. The predicted octanol–water partition coefficient (Wildman–Crippen LogP) is 1.79. The van der Waals surface area contributed by atoms with Gasteiger partial charge in [-0.05, 0) is 37.1 Å². The van der Waals surface area contributed by atoms with Crippen molar-refractivity contribution >= 4 is 17.7 Å². The third-order valence-corrected chi connectivity index (χ3v) is 5.80. The number of amides is 1. The molecule has 150 valence electrons. The number of thioether (sulfide) groups is 1. The van der Waals surface area contributed by atoms with Crippen LogP contribution in [0.1, 0.15) is 12.8 Å². The number of nitrogens with zero attached hydrogens (tertiary/aromatic N) is 4. The smallest absolute Gasteiger partial charge is 0.230 e. The minimum absolute atomic E-state index is 0.0264. The summed E-state index contributed by atoms with van der Waals surface area (Å²) in [4.78, 5) is 14.4. The summed E-state index contributed by atoms with van der Waals surface area (Å²) in [5, 5.41) is 12.3. The van der Waals surface area contributed by atoms with Crippen molar-refractivity contribution in [2.24, 2.45) is 0 Å². The van der Waals surface area contributed by atoms with Crippen LogP contribution in [0.2, 0.25) is 0 Å². The van der Waals surface area contributed by atoms with Gasteiger partial charge < -0.3 is 14.6 Å². The summed E-state index contributed by atoms with van der Waals surface area (Å²) in [6.45, 7) is 4.84. The molecule has 0 bridgehead atoms. The molecule has 1 N–H and O–H groups in total. The minimum atomic E-state index is -0.283. The van der Waals surface area contributed by atoms with E-state index in [-0.39, 0.29) is 11.7 Å². The van der Waals surface area contributed by atoms with E-state index in [9.17, 15) is 9.18 Å². The van der Waals surface area contributed by atoms with Gasteiger partial charge in [-0.25, -0.2) is 4.39 Å². The lowest BCUT2D eigenvalue weighted by molar-refractivity contribution is -0.118. The monoisotopic (exact) mass is 405 g/mol. The molecule has 9 heteroatoms. The summed E-state index contributed by atoms with van der Waals surface area (Å²) in [5.74, 6) is 0.752. The molecule has 2 aromatic rings. The van der Waals surface area contributed by atoms with Crippen molar-refractivity contribution in [3.63, 3.8) is 0 Å². The Labute approximate surface area is 167 Å². The van der Waals surface area contributed by atoms with E-state index in [0.717, 1.165) is 51.3 Å². The normalized spacial score (nSPS) is 17.6. The van der Waals surface area contributed by atoms with Gasteiger partial charge in [-0.1, -0.05) is 11.8 Å². The van der Waals surface area contributed by atoms with E-state index in [0.29, 0.717) is 29.3 Å². The molecule has 7 nitrogen and oxygen atoms in total. The Balaban J connectivity index is 1.48. The lowest BCUT2D eigenvalue weighted by Crippen LogP contribution is -2.38. The van der Waals surface area contributed by atoms with Crippen molar-refractivity contribution in [1.82, 2.24) is 25.0 Å². The number of nitrogens with one attached hydrogen (secondary N) is 1. The summed E-state index contributed by atoms with van der Waals surface area (Å²) in [7, 11) is 0.